The molecule has 0 radical (unpaired) electrons. The van der Waals surface area contributed by atoms with Gasteiger partial charge in [0.2, 0.25) is 11.0 Å². The highest BCUT2D eigenvalue weighted by atomic mass is 79.9. The summed E-state index contributed by atoms with van der Waals surface area (Å²) < 4.78 is 0. The second kappa shape index (κ2) is 6.55. The fourth-order valence-corrected chi connectivity index (χ4v) is 3.56. The Labute approximate surface area is 143 Å². The highest BCUT2D eigenvalue weighted by molar-refractivity contribution is 9.09. The lowest BCUT2D eigenvalue weighted by Gasteiger charge is -2.12. The standard InChI is InChI=1S/C14H11BrN4O3S/c15-6-5-11-17-18-14(23-11)16-10(20)7-19-12(21)8-3-1-2-4-9(8)13(19)22/h1-4H,5-7H2,(H,16,18,20). The van der Waals surface area contributed by atoms with Gasteiger partial charge in [0.05, 0.1) is 11.1 Å². The van der Waals surface area contributed by atoms with Gasteiger partial charge in [0.1, 0.15) is 11.6 Å². The monoisotopic (exact) mass is 394 g/mol. The molecule has 0 saturated heterocycles. The number of aryl methyl sites for hydroxylation is 1. The number of halogens is 1. The number of hydrogen-bond acceptors (Lipinski definition) is 6. The summed E-state index contributed by atoms with van der Waals surface area (Å²) in [5.41, 5.74) is 0.640. The molecule has 0 saturated carbocycles. The molecule has 1 aliphatic heterocycles. The van der Waals surface area contributed by atoms with Crippen molar-refractivity contribution in [1.29, 1.82) is 0 Å². The van der Waals surface area contributed by atoms with Crippen molar-refractivity contribution < 1.29 is 14.4 Å². The van der Waals surface area contributed by atoms with Crippen molar-refractivity contribution in [2.45, 2.75) is 6.42 Å². The molecule has 0 spiro atoms. The first-order chi connectivity index (χ1) is 11.1. The lowest BCUT2D eigenvalue weighted by Crippen LogP contribution is -2.37. The molecule has 118 valence electrons. The number of aromatic nitrogens is 2. The number of amides is 3. The average molecular weight is 395 g/mol. The molecule has 3 rings (SSSR count). The summed E-state index contributed by atoms with van der Waals surface area (Å²) >= 11 is 4.56. The Morgan fingerprint density at radius 3 is 2.43 bits per heavy atom. The van der Waals surface area contributed by atoms with Crippen molar-refractivity contribution in [3.05, 3.63) is 40.4 Å². The summed E-state index contributed by atoms with van der Waals surface area (Å²) in [6.45, 7) is -0.348. The fourth-order valence-electron chi connectivity index (χ4n) is 2.17. The third-order valence-corrected chi connectivity index (χ3v) is 4.50. The topological polar surface area (TPSA) is 92.3 Å². The zero-order valence-corrected chi connectivity index (χ0v) is 14.2. The molecule has 3 amide bonds. The number of carbonyl (C=O) groups excluding carboxylic acids is 3. The summed E-state index contributed by atoms with van der Waals surface area (Å²) in [6.07, 6.45) is 0.714. The number of alkyl halides is 1. The van der Waals surface area contributed by atoms with Crippen LogP contribution in [0.4, 0.5) is 5.13 Å². The summed E-state index contributed by atoms with van der Waals surface area (Å²) in [6, 6.07) is 6.51. The van der Waals surface area contributed by atoms with Crippen LogP contribution in [0.5, 0.6) is 0 Å². The zero-order valence-electron chi connectivity index (χ0n) is 11.8. The maximum atomic E-state index is 12.2. The highest BCUT2D eigenvalue weighted by Gasteiger charge is 2.36. The SMILES string of the molecule is O=C(CN1C(=O)c2ccccc2C1=O)Nc1nnc(CCBr)s1. The van der Waals surface area contributed by atoms with Crippen LogP contribution in [-0.4, -0.2) is 44.7 Å². The number of hydrogen-bond donors (Lipinski definition) is 1. The lowest BCUT2D eigenvalue weighted by molar-refractivity contribution is -0.116. The highest BCUT2D eigenvalue weighted by Crippen LogP contribution is 2.22. The van der Waals surface area contributed by atoms with Gasteiger partial charge >= 0.3 is 0 Å². The van der Waals surface area contributed by atoms with Crippen LogP contribution in [0.3, 0.4) is 0 Å². The molecule has 0 atom stereocenters. The average Bonchev–Trinajstić information content (AvgIpc) is 3.07. The summed E-state index contributed by atoms with van der Waals surface area (Å²) in [5.74, 6) is -1.41. The molecule has 1 N–H and O–H groups in total. The molecule has 1 aromatic carbocycles. The summed E-state index contributed by atoms with van der Waals surface area (Å²) in [7, 11) is 0. The molecule has 1 aliphatic rings. The number of benzene rings is 1. The van der Waals surface area contributed by atoms with Crippen molar-refractivity contribution >= 4 is 50.1 Å². The molecule has 7 nitrogen and oxygen atoms in total. The summed E-state index contributed by atoms with van der Waals surface area (Å²) in [4.78, 5) is 37.3. The molecule has 0 bridgehead atoms. The van der Waals surface area contributed by atoms with E-state index in [0.29, 0.717) is 22.7 Å². The van der Waals surface area contributed by atoms with Crippen LogP contribution < -0.4 is 5.32 Å². The molecule has 9 heteroatoms. The first-order valence-corrected chi connectivity index (χ1v) is 8.67. The van der Waals surface area contributed by atoms with E-state index in [2.05, 4.69) is 31.4 Å². The van der Waals surface area contributed by atoms with Crippen LogP contribution in [0.2, 0.25) is 0 Å². The minimum absolute atomic E-state index is 0.320. The Morgan fingerprint density at radius 2 is 1.83 bits per heavy atom. The predicted molar refractivity (Wildman–Crippen MR) is 87.8 cm³/mol. The van der Waals surface area contributed by atoms with E-state index in [1.54, 1.807) is 24.3 Å². The number of imide groups is 1. The first-order valence-electron chi connectivity index (χ1n) is 6.73. The van der Waals surface area contributed by atoms with Crippen LogP contribution in [0.1, 0.15) is 25.7 Å². The largest absolute Gasteiger partial charge is 0.299 e. The van der Waals surface area contributed by atoms with Gasteiger partial charge in [-0.1, -0.05) is 39.4 Å². The lowest BCUT2D eigenvalue weighted by atomic mass is 10.1. The molecule has 23 heavy (non-hydrogen) atoms. The van der Waals surface area contributed by atoms with E-state index < -0.39 is 17.7 Å². The molecule has 0 unspecified atom stereocenters. The molecule has 1 aromatic heterocycles. The van der Waals surface area contributed by atoms with Crippen LogP contribution >= 0.6 is 27.3 Å². The van der Waals surface area contributed by atoms with Crippen LogP contribution in [0.25, 0.3) is 0 Å². The van der Waals surface area contributed by atoms with E-state index in [9.17, 15) is 14.4 Å². The van der Waals surface area contributed by atoms with Crippen molar-refractivity contribution in [1.82, 2.24) is 15.1 Å². The van der Waals surface area contributed by atoms with Crippen LogP contribution in [0, 0.1) is 0 Å². The third-order valence-electron chi connectivity index (χ3n) is 3.20. The number of carbonyl (C=O) groups is 3. The number of fused-ring (bicyclic) bond motifs is 1. The number of nitrogens with one attached hydrogen (secondary N) is 1. The van der Waals surface area contributed by atoms with Gasteiger partial charge in [-0.05, 0) is 12.1 Å². The van der Waals surface area contributed by atoms with Gasteiger partial charge in [0.15, 0.2) is 0 Å². The Kier molecular flexibility index (Phi) is 4.49. The van der Waals surface area contributed by atoms with E-state index in [-0.39, 0.29) is 6.54 Å². The van der Waals surface area contributed by atoms with Gasteiger partial charge in [0, 0.05) is 11.8 Å². The van der Waals surface area contributed by atoms with Gasteiger partial charge in [-0.2, -0.15) is 0 Å². The van der Waals surface area contributed by atoms with Crippen LogP contribution in [0.15, 0.2) is 24.3 Å². The number of rotatable bonds is 5. The van der Waals surface area contributed by atoms with Crippen molar-refractivity contribution in [3.8, 4) is 0 Å². The fraction of sp³-hybridized carbons (Fsp3) is 0.214. The molecule has 0 aliphatic carbocycles. The normalized spacial score (nSPS) is 13.3. The predicted octanol–water partition coefficient (Wildman–Crippen LogP) is 1.71. The van der Waals surface area contributed by atoms with Crippen molar-refractivity contribution in [3.63, 3.8) is 0 Å². The third kappa shape index (κ3) is 3.15. The van der Waals surface area contributed by atoms with E-state index in [0.717, 1.165) is 15.2 Å². The molecular formula is C14H11BrN4O3S. The molecule has 2 heterocycles. The van der Waals surface area contributed by atoms with Gasteiger partial charge in [-0.3, -0.25) is 24.6 Å². The Hall–Kier alpha value is -2.13. The van der Waals surface area contributed by atoms with Gasteiger partial charge < -0.3 is 0 Å². The minimum atomic E-state index is -0.485. The Bertz CT molecular complexity index is 757. The maximum Gasteiger partial charge on any atom is 0.262 e. The van der Waals surface area contributed by atoms with Gasteiger partial charge in [0.25, 0.3) is 11.8 Å². The van der Waals surface area contributed by atoms with E-state index in [1.165, 1.54) is 11.3 Å². The molecule has 2 aromatic rings. The molecule has 0 fully saturated rings. The zero-order chi connectivity index (χ0) is 16.4. The van der Waals surface area contributed by atoms with E-state index in [4.69, 9.17) is 0 Å². The minimum Gasteiger partial charge on any atom is -0.299 e. The summed E-state index contributed by atoms with van der Waals surface area (Å²) in [5, 5.41) is 12.2. The maximum absolute atomic E-state index is 12.2. The van der Waals surface area contributed by atoms with E-state index in [1.807, 2.05) is 0 Å². The second-order valence-corrected chi connectivity index (χ2v) is 6.59. The van der Waals surface area contributed by atoms with Crippen LogP contribution in [-0.2, 0) is 11.2 Å². The first kappa shape index (κ1) is 15.8. The van der Waals surface area contributed by atoms with Gasteiger partial charge in [-0.25, -0.2) is 0 Å². The molecular weight excluding hydrogens is 384 g/mol. The Morgan fingerprint density at radius 1 is 1.17 bits per heavy atom. The van der Waals surface area contributed by atoms with Gasteiger partial charge in [-0.15, -0.1) is 10.2 Å². The second-order valence-electron chi connectivity index (χ2n) is 4.73. The number of anilines is 1. The smallest absolute Gasteiger partial charge is 0.262 e. The number of nitrogens with zero attached hydrogens (tertiary/aromatic N) is 3. The van der Waals surface area contributed by atoms with Crippen molar-refractivity contribution in [2.24, 2.45) is 0 Å². The Balaban J connectivity index is 1.66. The van der Waals surface area contributed by atoms with E-state index >= 15 is 0 Å². The van der Waals surface area contributed by atoms with Crippen molar-refractivity contribution in [2.75, 3.05) is 17.2 Å². The quantitative estimate of drug-likeness (QED) is 0.615.